The van der Waals surface area contributed by atoms with E-state index in [1.165, 1.54) is 32.1 Å². The molecule has 1 aliphatic carbocycles. The van der Waals surface area contributed by atoms with Gasteiger partial charge in [0.1, 0.15) is 0 Å². The molecule has 0 radical (unpaired) electrons. The zero-order valence-corrected chi connectivity index (χ0v) is 9.45. The molecule has 0 bridgehead atoms. The zero-order valence-electron chi connectivity index (χ0n) is 9.45. The number of ether oxygens (including phenoxy) is 1. The molecule has 2 N–H and O–H groups in total. The highest BCUT2D eigenvalue weighted by atomic mass is 16.5. The van der Waals surface area contributed by atoms with Gasteiger partial charge in [0.25, 0.3) is 0 Å². The number of hydrogen-bond acceptors (Lipinski definition) is 3. The van der Waals surface area contributed by atoms with Gasteiger partial charge in [-0.15, -0.1) is 0 Å². The fourth-order valence-corrected chi connectivity index (χ4v) is 2.70. The molecular weight excluding hydrogens is 190 g/mol. The first-order valence-electron chi connectivity index (χ1n) is 6.35. The fourth-order valence-electron chi connectivity index (χ4n) is 2.70. The van der Waals surface area contributed by atoms with Gasteiger partial charge in [0.2, 0.25) is 0 Å². The summed E-state index contributed by atoms with van der Waals surface area (Å²) in [4.78, 5) is 0. The van der Waals surface area contributed by atoms with Crippen LogP contribution in [0.2, 0.25) is 0 Å². The van der Waals surface area contributed by atoms with E-state index in [4.69, 9.17) is 4.74 Å². The summed E-state index contributed by atoms with van der Waals surface area (Å²) < 4.78 is 5.40. The van der Waals surface area contributed by atoms with E-state index in [1.807, 2.05) is 0 Å². The Labute approximate surface area is 92.2 Å². The normalized spacial score (nSPS) is 30.6. The maximum absolute atomic E-state index is 9.98. The average Bonchev–Trinajstić information content (AvgIpc) is 2.81. The molecule has 2 unspecified atom stereocenters. The highest BCUT2D eigenvalue weighted by molar-refractivity contribution is 4.78. The summed E-state index contributed by atoms with van der Waals surface area (Å²) in [6.45, 7) is 2.47. The van der Waals surface area contributed by atoms with Crippen molar-refractivity contribution in [3.63, 3.8) is 0 Å². The van der Waals surface area contributed by atoms with Crippen LogP contribution in [-0.4, -0.2) is 37.0 Å². The summed E-state index contributed by atoms with van der Waals surface area (Å²) in [6.07, 6.45) is 7.22. The molecule has 2 rings (SSSR count). The van der Waals surface area contributed by atoms with Crippen molar-refractivity contribution < 1.29 is 9.84 Å². The largest absolute Gasteiger partial charge is 0.392 e. The second-order valence-electron chi connectivity index (χ2n) is 4.93. The molecule has 3 heteroatoms. The summed E-state index contributed by atoms with van der Waals surface area (Å²) in [7, 11) is 0. The Bertz CT molecular complexity index is 174. The third-order valence-corrected chi connectivity index (χ3v) is 3.72. The van der Waals surface area contributed by atoms with Gasteiger partial charge in [-0.2, -0.15) is 0 Å². The van der Waals surface area contributed by atoms with Gasteiger partial charge in [0.15, 0.2) is 0 Å². The SMILES string of the molecule is OC(CNC1CCCOC1)C1CCCC1. The first kappa shape index (κ1) is 11.4. The van der Waals surface area contributed by atoms with E-state index in [0.29, 0.717) is 12.0 Å². The van der Waals surface area contributed by atoms with Crippen LogP contribution in [0.15, 0.2) is 0 Å². The van der Waals surface area contributed by atoms with E-state index < -0.39 is 0 Å². The Morgan fingerprint density at radius 3 is 2.67 bits per heavy atom. The molecule has 0 amide bonds. The minimum absolute atomic E-state index is 0.144. The Morgan fingerprint density at radius 1 is 1.20 bits per heavy atom. The molecule has 2 fully saturated rings. The van der Waals surface area contributed by atoms with Crippen molar-refractivity contribution >= 4 is 0 Å². The van der Waals surface area contributed by atoms with Crippen molar-refractivity contribution in [3.8, 4) is 0 Å². The van der Waals surface area contributed by atoms with Gasteiger partial charge < -0.3 is 15.2 Å². The molecule has 1 saturated carbocycles. The zero-order chi connectivity index (χ0) is 10.5. The lowest BCUT2D eigenvalue weighted by atomic mass is 10.0. The Kier molecular flexibility index (Phi) is 4.42. The van der Waals surface area contributed by atoms with Crippen molar-refractivity contribution in [1.29, 1.82) is 0 Å². The summed E-state index contributed by atoms with van der Waals surface area (Å²) >= 11 is 0. The Morgan fingerprint density at radius 2 is 2.00 bits per heavy atom. The summed E-state index contributed by atoms with van der Waals surface area (Å²) in [6, 6.07) is 0.467. The van der Waals surface area contributed by atoms with E-state index in [0.717, 1.165) is 26.2 Å². The lowest BCUT2D eigenvalue weighted by Gasteiger charge is -2.26. The minimum atomic E-state index is -0.144. The predicted molar refractivity (Wildman–Crippen MR) is 59.8 cm³/mol. The van der Waals surface area contributed by atoms with Gasteiger partial charge in [-0.05, 0) is 31.6 Å². The minimum Gasteiger partial charge on any atom is -0.392 e. The van der Waals surface area contributed by atoms with Crippen LogP contribution in [0.25, 0.3) is 0 Å². The van der Waals surface area contributed by atoms with Crippen LogP contribution < -0.4 is 5.32 Å². The molecule has 0 aromatic carbocycles. The number of aliphatic hydroxyl groups excluding tert-OH is 1. The van der Waals surface area contributed by atoms with Gasteiger partial charge in [-0.3, -0.25) is 0 Å². The van der Waals surface area contributed by atoms with Gasteiger partial charge in [0, 0.05) is 19.2 Å². The van der Waals surface area contributed by atoms with Crippen LogP contribution in [0.5, 0.6) is 0 Å². The van der Waals surface area contributed by atoms with Crippen molar-refractivity contribution in [3.05, 3.63) is 0 Å². The maximum atomic E-state index is 9.98. The number of aliphatic hydroxyl groups is 1. The molecule has 2 aliphatic rings. The standard InChI is InChI=1S/C12H23NO2/c14-12(10-4-1-2-5-10)8-13-11-6-3-7-15-9-11/h10-14H,1-9H2. The maximum Gasteiger partial charge on any atom is 0.0692 e. The second kappa shape index (κ2) is 5.83. The molecule has 1 aliphatic heterocycles. The molecule has 3 nitrogen and oxygen atoms in total. The van der Waals surface area contributed by atoms with E-state index in [-0.39, 0.29) is 6.10 Å². The molecule has 0 spiro atoms. The van der Waals surface area contributed by atoms with Gasteiger partial charge in [-0.25, -0.2) is 0 Å². The van der Waals surface area contributed by atoms with Gasteiger partial charge in [0.05, 0.1) is 12.7 Å². The van der Waals surface area contributed by atoms with Crippen LogP contribution in [0, 0.1) is 5.92 Å². The molecule has 2 atom stereocenters. The van der Waals surface area contributed by atoms with Crippen LogP contribution in [-0.2, 0) is 4.74 Å². The van der Waals surface area contributed by atoms with Crippen LogP contribution in [0.4, 0.5) is 0 Å². The number of nitrogens with one attached hydrogen (secondary N) is 1. The van der Waals surface area contributed by atoms with Crippen LogP contribution in [0.1, 0.15) is 38.5 Å². The van der Waals surface area contributed by atoms with E-state index in [2.05, 4.69) is 5.32 Å². The first-order valence-corrected chi connectivity index (χ1v) is 6.35. The third-order valence-electron chi connectivity index (χ3n) is 3.72. The summed E-state index contributed by atoms with van der Waals surface area (Å²) in [5, 5.41) is 13.4. The smallest absolute Gasteiger partial charge is 0.0692 e. The summed E-state index contributed by atoms with van der Waals surface area (Å²) in [5.41, 5.74) is 0. The fraction of sp³-hybridized carbons (Fsp3) is 1.00. The quantitative estimate of drug-likeness (QED) is 0.740. The van der Waals surface area contributed by atoms with Gasteiger partial charge in [-0.1, -0.05) is 12.8 Å². The van der Waals surface area contributed by atoms with Crippen molar-refractivity contribution in [2.24, 2.45) is 5.92 Å². The highest BCUT2D eigenvalue weighted by Gasteiger charge is 2.24. The number of rotatable bonds is 4. The highest BCUT2D eigenvalue weighted by Crippen LogP contribution is 2.27. The van der Waals surface area contributed by atoms with Crippen LogP contribution in [0.3, 0.4) is 0 Å². The Hall–Kier alpha value is -0.120. The molecule has 1 heterocycles. The topological polar surface area (TPSA) is 41.5 Å². The average molecular weight is 213 g/mol. The third kappa shape index (κ3) is 3.44. The van der Waals surface area contributed by atoms with E-state index in [9.17, 15) is 5.11 Å². The second-order valence-corrected chi connectivity index (χ2v) is 4.93. The molecule has 0 aromatic heterocycles. The van der Waals surface area contributed by atoms with Crippen LogP contribution >= 0.6 is 0 Å². The van der Waals surface area contributed by atoms with E-state index in [1.54, 1.807) is 0 Å². The lowest BCUT2D eigenvalue weighted by Crippen LogP contribution is -2.42. The lowest BCUT2D eigenvalue weighted by molar-refractivity contribution is 0.0562. The van der Waals surface area contributed by atoms with Crippen molar-refractivity contribution in [2.75, 3.05) is 19.8 Å². The molecule has 88 valence electrons. The van der Waals surface area contributed by atoms with Crippen molar-refractivity contribution in [1.82, 2.24) is 5.32 Å². The first-order chi connectivity index (χ1) is 7.36. The van der Waals surface area contributed by atoms with Crippen molar-refractivity contribution in [2.45, 2.75) is 50.7 Å². The van der Waals surface area contributed by atoms with E-state index >= 15 is 0 Å². The molecular formula is C12H23NO2. The number of hydrogen-bond donors (Lipinski definition) is 2. The molecule has 1 saturated heterocycles. The summed E-state index contributed by atoms with van der Waals surface area (Å²) in [5.74, 6) is 0.544. The molecule has 0 aromatic rings. The van der Waals surface area contributed by atoms with Gasteiger partial charge >= 0.3 is 0 Å². The monoisotopic (exact) mass is 213 g/mol. The Balaban J connectivity index is 1.63. The predicted octanol–water partition coefficient (Wildman–Crippen LogP) is 1.31. The molecule has 15 heavy (non-hydrogen) atoms.